The number of rotatable bonds is 5. The van der Waals surface area contributed by atoms with Gasteiger partial charge >= 0.3 is 18.2 Å². The minimum absolute atomic E-state index is 0.284. The molecule has 1 saturated heterocycles. The number of amides is 1. The lowest BCUT2D eigenvalue weighted by Crippen LogP contribution is -2.48. The molecular formula is C16H21N2O6+. The molecule has 1 unspecified atom stereocenters. The molecule has 2 heterocycles. The number of carbonyl (C=O) groups is 3. The Morgan fingerprint density at radius 2 is 1.83 bits per heavy atom. The number of pyridine rings is 1. The zero-order valence-electron chi connectivity index (χ0n) is 13.8. The monoisotopic (exact) mass is 337 g/mol. The molecule has 1 aliphatic heterocycles. The van der Waals surface area contributed by atoms with Gasteiger partial charge in [0.25, 0.3) is 5.91 Å². The van der Waals surface area contributed by atoms with Crippen molar-refractivity contribution in [2.75, 3.05) is 0 Å². The van der Waals surface area contributed by atoms with E-state index < -0.39 is 42.4 Å². The van der Waals surface area contributed by atoms with E-state index in [-0.39, 0.29) is 5.56 Å². The lowest BCUT2D eigenvalue weighted by atomic mass is 10.1. The fourth-order valence-corrected chi connectivity index (χ4v) is 2.72. The highest BCUT2D eigenvalue weighted by molar-refractivity contribution is 5.92. The van der Waals surface area contributed by atoms with Gasteiger partial charge in [0.05, 0.1) is 0 Å². The smallest absolute Gasteiger partial charge is 0.304 e. The molecule has 1 aromatic rings. The van der Waals surface area contributed by atoms with Crippen molar-refractivity contribution in [3.8, 4) is 0 Å². The molecule has 0 radical (unpaired) electrons. The second-order valence-electron chi connectivity index (χ2n) is 5.53. The van der Waals surface area contributed by atoms with Crippen molar-refractivity contribution in [1.82, 2.24) is 0 Å². The molecule has 1 aliphatic rings. The normalized spacial score (nSPS) is 26.0. The van der Waals surface area contributed by atoms with Crippen LogP contribution in [-0.2, 0) is 23.8 Å². The second kappa shape index (κ2) is 7.39. The lowest BCUT2D eigenvalue weighted by Gasteiger charge is -2.21. The number of primary amides is 1. The summed E-state index contributed by atoms with van der Waals surface area (Å²) in [4.78, 5) is 34.2. The van der Waals surface area contributed by atoms with E-state index in [0.29, 0.717) is 6.42 Å². The first-order chi connectivity index (χ1) is 11.3. The van der Waals surface area contributed by atoms with Crippen LogP contribution in [0.4, 0.5) is 0 Å². The van der Waals surface area contributed by atoms with Gasteiger partial charge < -0.3 is 19.9 Å². The topological polar surface area (TPSA) is 109 Å². The van der Waals surface area contributed by atoms with Gasteiger partial charge in [-0.1, -0.05) is 6.92 Å². The Morgan fingerprint density at radius 1 is 1.21 bits per heavy atom. The lowest BCUT2D eigenvalue weighted by molar-refractivity contribution is -0.765. The summed E-state index contributed by atoms with van der Waals surface area (Å²) in [6.45, 7) is 4.43. The Bertz CT molecular complexity index is 647. The van der Waals surface area contributed by atoms with E-state index in [9.17, 15) is 14.4 Å². The van der Waals surface area contributed by atoms with Gasteiger partial charge in [0, 0.05) is 19.9 Å². The maximum absolute atomic E-state index is 11.5. The van der Waals surface area contributed by atoms with Crippen LogP contribution in [0.15, 0.2) is 24.5 Å². The SMILES string of the molecule is CC[C@H]1O[C@@H]([n+]2cccc(C(N)=O)c2)C(OC(C)=O)[C@H]1OC(C)=O. The quantitative estimate of drug-likeness (QED) is 0.609. The van der Waals surface area contributed by atoms with Crippen LogP contribution in [0.3, 0.4) is 0 Å². The predicted octanol–water partition coefficient (Wildman–Crippen LogP) is 0.244. The first-order valence-electron chi connectivity index (χ1n) is 7.64. The van der Waals surface area contributed by atoms with Crippen LogP contribution in [0.2, 0.25) is 0 Å². The molecule has 1 aromatic heterocycles. The molecule has 4 atom stereocenters. The van der Waals surface area contributed by atoms with Gasteiger partial charge in [0.15, 0.2) is 18.5 Å². The molecule has 0 aromatic carbocycles. The molecule has 0 saturated carbocycles. The Morgan fingerprint density at radius 3 is 2.38 bits per heavy atom. The van der Waals surface area contributed by atoms with Crippen molar-refractivity contribution in [2.24, 2.45) is 5.73 Å². The fourth-order valence-electron chi connectivity index (χ4n) is 2.72. The van der Waals surface area contributed by atoms with Crippen LogP contribution in [0.25, 0.3) is 0 Å². The summed E-state index contributed by atoms with van der Waals surface area (Å²) in [7, 11) is 0. The van der Waals surface area contributed by atoms with Crippen LogP contribution in [0, 0.1) is 0 Å². The molecule has 8 nitrogen and oxygen atoms in total. The highest BCUT2D eigenvalue weighted by Crippen LogP contribution is 2.32. The van der Waals surface area contributed by atoms with Crippen LogP contribution in [0.1, 0.15) is 43.8 Å². The first kappa shape index (κ1) is 17.9. The summed E-state index contributed by atoms with van der Waals surface area (Å²) in [6.07, 6.45) is 0.997. The fraction of sp³-hybridized carbons (Fsp3) is 0.500. The summed E-state index contributed by atoms with van der Waals surface area (Å²) in [5.74, 6) is -1.60. The summed E-state index contributed by atoms with van der Waals surface area (Å²) in [5.41, 5.74) is 5.58. The van der Waals surface area contributed by atoms with Crippen molar-refractivity contribution in [2.45, 2.75) is 51.7 Å². The standard InChI is InChI=1S/C16H20N2O6/c1-4-12-13(22-9(2)19)14(23-10(3)20)16(24-12)18-7-5-6-11(8-18)15(17)21/h5-8,12-14,16H,4H2,1-3H3,(H-,17,21)/p+1/t12-,13+,14?,16-/m1/s1. The maximum Gasteiger partial charge on any atom is 0.304 e. The van der Waals surface area contributed by atoms with Gasteiger partial charge in [-0.05, 0) is 12.5 Å². The highest BCUT2D eigenvalue weighted by atomic mass is 16.6. The van der Waals surface area contributed by atoms with E-state index in [2.05, 4.69) is 0 Å². The highest BCUT2D eigenvalue weighted by Gasteiger charge is 2.53. The van der Waals surface area contributed by atoms with Crippen LogP contribution >= 0.6 is 0 Å². The molecule has 1 fully saturated rings. The van der Waals surface area contributed by atoms with E-state index in [0.717, 1.165) is 0 Å². The molecule has 0 aliphatic carbocycles. The number of hydrogen-bond donors (Lipinski definition) is 1. The summed E-state index contributed by atoms with van der Waals surface area (Å²) >= 11 is 0. The van der Waals surface area contributed by atoms with Gasteiger partial charge in [-0.15, -0.1) is 0 Å². The molecule has 0 bridgehead atoms. The number of nitrogens with two attached hydrogens (primary N) is 1. The van der Waals surface area contributed by atoms with Crippen molar-refractivity contribution in [3.63, 3.8) is 0 Å². The van der Waals surface area contributed by atoms with Crippen LogP contribution < -0.4 is 10.3 Å². The largest absolute Gasteiger partial charge is 0.455 e. The van der Waals surface area contributed by atoms with E-state index in [1.807, 2.05) is 6.92 Å². The average molecular weight is 337 g/mol. The number of nitrogens with zero attached hydrogens (tertiary/aromatic N) is 1. The van der Waals surface area contributed by atoms with Gasteiger partial charge in [-0.25, -0.2) is 0 Å². The Balaban J connectivity index is 2.38. The van der Waals surface area contributed by atoms with Crippen molar-refractivity contribution in [1.29, 1.82) is 0 Å². The third kappa shape index (κ3) is 3.88. The predicted molar refractivity (Wildman–Crippen MR) is 80.5 cm³/mol. The second-order valence-corrected chi connectivity index (χ2v) is 5.53. The van der Waals surface area contributed by atoms with Gasteiger partial charge in [0.1, 0.15) is 11.7 Å². The van der Waals surface area contributed by atoms with Crippen molar-refractivity contribution >= 4 is 17.8 Å². The Kier molecular flexibility index (Phi) is 5.50. The molecular weight excluding hydrogens is 316 g/mol. The third-order valence-electron chi connectivity index (χ3n) is 3.69. The molecule has 0 spiro atoms. The zero-order chi connectivity index (χ0) is 17.9. The molecule has 24 heavy (non-hydrogen) atoms. The molecule has 2 rings (SSSR count). The zero-order valence-corrected chi connectivity index (χ0v) is 13.8. The minimum atomic E-state index is -0.829. The minimum Gasteiger partial charge on any atom is -0.455 e. The molecule has 130 valence electrons. The first-order valence-corrected chi connectivity index (χ1v) is 7.64. The summed E-state index contributed by atoms with van der Waals surface area (Å²) < 4.78 is 18.2. The van der Waals surface area contributed by atoms with E-state index in [1.165, 1.54) is 20.0 Å². The van der Waals surface area contributed by atoms with E-state index in [4.69, 9.17) is 19.9 Å². The Labute approximate surface area is 139 Å². The molecule has 1 amide bonds. The summed E-state index contributed by atoms with van der Waals surface area (Å²) in [5, 5.41) is 0. The number of ether oxygens (including phenoxy) is 3. The molecule has 8 heteroatoms. The van der Waals surface area contributed by atoms with Gasteiger partial charge in [-0.2, -0.15) is 4.57 Å². The Hall–Kier alpha value is -2.48. The van der Waals surface area contributed by atoms with Crippen LogP contribution in [-0.4, -0.2) is 36.2 Å². The van der Waals surface area contributed by atoms with Gasteiger partial charge in [0.2, 0.25) is 6.10 Å². The maximum atomic E-state index is 11.5. The number of esters is 2. The summed E-state index contributed by atoms with van der Waals surface area (Å²) in [6, 6.07) is 3.20. The van der Waals surface area contributed by atoms with Gasteiger partial charge in [-0.3, -0.25) is 14.4 Å². The number of aromatic nitrogens is 1. The molecule has 2 N–H and O–H groups in total. The van der Waals surface area contributed by atoms with Crippen molar-refractivity contribution in [3.05, 3.63) is 30.1 Å². The third-order valence-corrected chi connectivity index (χ3v) is 3.69. The van der Waals surface area contributed by atoms with E-state index >= 15 is 0 Å². The van der Waals surface area contributed by atoms with Crippen LogP contribution in [0.5, 0.6) is 0 Å². The van der Waals surface area contributed by atoms with Crippen molar-refractivity contribution < 1.29 is 33.2 Å². The van der Waals surface area contributed by atoms with E-state index in [1.54, 1.807) is 22.9 Å². The average Bonchev–Trinajstić information content (AvgIpc) is 2.84. The number of carbonyl (C=O) groups excluding carboxylic acids is 3. The number of hydrogen-bond acceptors (Lipinski definition) is 6.